The van der Waals surface area contributed by atoms with Gasteiger partial charge in [-0.25, -0.2) is 0 Å². The molecule has 1 aromatic heterocycles. The normalized spacial score (nSPS) is 19.0. The number of fused-ring (bicyclic) bond motifs is 3. The van der Waals surface area contributed by atoms with Crippen LogP contribution in [0.5, 0.6) is 0 Å². The molecule has 1 aromatic carbocycles. The van der Waals surface area contributed by atoms with Gasteiger partial charge >= 0.3 is 0 Å². The zero-order valence-electron chi connectivity index (χ0n) is 14.1. The lowest BCUT2D eigenvalue weighted by atomic mass is 9.88. The highest BCUT2D eigenvalue weighted by Gasteiger charge is 2.26. The van der Waals surface area contributed by atoms with Crippen LogP contribution in [0.15, 0.2) is 33.6 Å². The van der Waals surface area contributed by atoms with Crippen LogP contribution in [0.4, 0.5) is 0 Å². The van der Waals surface area contributed by atoms with E-state index >= 15 is 0 Å². The number of nitrogens with one attached hydrogen (secondary N) is 1. The first-order valence-electron chi connectivity index (χ1n) is 8.60. The molecule has 2 nitrogen and oxygen atoms in total. The minimum atomic E-state index is 0.0374. The van der Waals surface area contributed by atoms with Gasteiger partial charge in [-0.2, -0.15) is 0 Å². The fourth-order valence-corrected chi connectivity index (χ4v) is 6.59. The predicted molar refractivity (Wildman–Crippen MR) is 111 cm³/mol. The molecule has 0 unspecified atom stereocenters. The number of rotatable bonds is 3. The van der Waals surface area contributed by atoms with Crippen LogP contribution in [0.2, 0.25) is 0 Å². The van der Waals surface area contributed by atoms with E-state index < -0.39 is 0 Å². The average Bonchev–Trinajstić information content (AvgIpc) is 2.96. The van der Waals surface area contributed by atoms with Gasteiger partial charge in [0, 0.05) is 26.5 Å². The summed E-state index contributed by atoms with van der Waals surface area (Å²) in [6, 6.07) is 8.05. The number of carbonyl (C=O) groups is 1. The Labute approximate surface area is 165 Å². The molecule has 2 aromatic rings. The Morgan fingerprint density at radius 1 is 1.36 bits per heavy atom. The predicted octanol–water partition coefficient (Wildman–Crippen LogP) is 5.54. The second-order valence-electron chi connectivity index (χ2n) is 6.80. The van der Waals surface area contributed by atoms with E-state index in [0.29, 0.717) is 6.54 Å². The fraction of sp³-hybridized carbons (Fsp3) is 0.350. The minimum absolute atomic E-state index is 0.0374. The number of amides is 1. The molecule has 0 fully saturated rings. The Hall–Kier alpha value is -1.04. The summed E-state index contributed by atoms with van der Waals surface area (Å²) in [6.07, 6.45) is 5.81. The van der Waals surface area contributed by atoms with E-state index in [4.69, 9.17) is 0 Å². The van der Waals surface area contributed by atoms with Gasteiger partial charge in [-0.3, -0.25) is 4.79 Å². The first-order chi connectivity index (χ1) is 12.1. The Balaban J connectivity index is 1.48. The highest BCUT2D eigenvalue weighted by atomic mass is 79.9. The van der Waals surface area contributed by atoms with Gasteiger partial charge in [-0.15, -0.1) is 23.1 Å². The summed E-state index contributed by atoms with van der Waals surface area (Å²) in [6.45, 7) is 2.90. The molecule has 0 bridgehead atoms. The van der Waals surface area contributed by atoms with E-state index in [1.165, 1.54) is 29.7 Å². The lowest BCUT2D eigenvalue weighted by Gasteiger charge is -2.20. The van der Waals surface area contributed by atoms with Crippen LogP contribution in [0.3, 0.4) is 0 Å². The van der Waals surface area contributed by atoms with Crippen LogP contribution in [0, 0.1) is 5.92 Å². The van der Waals surface area contributed by atoms with E-state index in [1.807, 2.05) is 35.6 Å². The van der Waals surface area contributed by atoms with E-state index in [0.717, 1.165) is 26.6 Å². The first-order valence-corrected chi connectivity index (χ1v) is 11.2. The maximum absolute atomic E-state index is 12.6. The summed E-state index contributed by atoms with van der Waals surface area (Å²) in [5, 5.41) is 3.05. The van der Waals surface area contributed by atoms with Gasteiger partial charge < -0.3 is 5.32 Å². The largest absolute Gasteiger partial charge is 0.348 e. The van der Waals surface area contributed by atoms with Crippen molar-refractivity contribution in [1.82, 2.24) is 5.32 Å². The zero-order valence-corrected chi connectivity index (χ0v) is 17.3. The van der Waals surface area contributed by atoms with Crippen LogP contribution in [0.1, 0.15) is 39.8 Å². The maximum Gasteiger partial charge on any atom is 0.258 e. The topological polar surface area (TPSA) is 29.1 Å². The molecule has 25 heavy (non-hydrogen) atoms. The van der Waals surface area contributed by atoms with Gasteiger partial charge in [-0.1, -0.05) is 35.0 Å². The Morgan fingerprint density at radius 2 is 2.24 bits per heavy atom. The van der Waals surface area contributed by atoms with Crippen LogP contribution in [0.25, 0.3) is 6.08 Å². The smallest absolute Gasteiger partial charge is 0.258 e. The molecule has 1 atom stereocenters. The molecule has 1 aliphatic heterocycles. The monoisotopic (exact) mass is 433 g/mol. The van der Waals surface area contributed by atoms with Gasteiger partial charge in [-0.05, 0) is 60.1 Å². The SMILES string of the molecule is C[C@@H]1CCc2c(sc3c2CSC(C(=O)NCc2cccc(Br)c2)=C3)C1. The van der Waals surface area contributed by atoms with Crippen molar-refractivity contribution in [3.63, 3.8) is 0 Å². The molecular weight excluding hydrogens is 414 g/mol. The number of carbonyl (C=O) groups excluding carboxylic acids is 1. The quantitative estimate of drug-likeness (QED) is 0.687. The third-order valence-electron chi connectivity index (χ3n) is 4.85. The third kappa shape index (κ3) is 3.74. The first kappa shape index (κ1) is 17.4. The lowest BCUT2D eigenvalue weighted by molar-refractivity contribution is -0.116. The summed E-state index contributed by atoms with van der Waals surface area (Å²) in [5.74, 6) is 1.76. The average molecular weight is 434 g/mol. The lowest BCUT2D eigenvalue weighted by Crippen LogP contribution is -2.24. The Morgan fingerprint density at radius 3 is 3.08 bits per heavy atom. The van der Waals surface area contributed by atoms with Gasteiger partial charge in [0.1, 0.15) is 0 Å². The Bertz CT molecular complexity index is 855. The second-order valence-corrected chi connectivity index (χ2v) is 9.87. The Kier molecular flexibility index (Phi) is 5.07. The standard InChI is InChI=1S/C20H20BrNOS2/c1-12-5-6-15-16-11-24-19(9-18(16)25-17(15)7-12)20(23)22-10-13-3-2-4-14(21)8-13/h2-4,8-9,12H,5-7,10-11H2,1H3,(H,22,23)/t12-/m1/s1. The molecule has 1 amide bonds. The van der Waals surface area contributed by atoms with E-state index in [1.54, 1.807) is 22.2 Å². The minimum Gasteiger partial charge on any atom is -0.348 e. The summed E-state index contributed by atoms with van der Waals surface area (Å²) in [4.78, 5) is 16.3. The van der Waals surface area contributed by atoms with Gasteiger partial charge in [0.2, 0.25) is 0 Å². The molecule has 2 heterocycles. The number of hydrogen-bond acceptors (Lipinski definition) is 3. The molecule has 0 radical (unpaired) electrons. The van der Waals surface area contributed by atoms with Crippen LogP contribution in [-0.2, 0) is 29.9 Å². The summed E-state index contributed by atoms with van der Waals surface area (Å²) in [5.41, 5.74) is 4.17. The van der Waals surface area contributed by atoms with Crippen LogP contribution < -0.4 is 5.32 Å². The van der Waals surface area contributed by atoms with Gasteiger partial charge in [0.15, 0.2) is 0 Å². The van der Waals surface area contributed by atoms with Crippen molar-refractivity contribution in [2.24, 2.45) is 5.92 Å². The summed E-state index contributed by atoms with van der Waals surface area (Å²) in [7, 11) is 0. The van der Waals surface area contributed by atoms with Crippen molar-refractivity contribution in [1.29, 1.82) is 0 Å². The van der Waals surface area contributed by atoms with Crippen LogP contribution >= 0.6 is 39.0 Å². The number of halogens is 1. The third-order valence-corrected chi connectivity index (χ3v) is 7.64. The molecule has 1 aliphatic carbocycles. The van der Waals surface area contributed by atoms with E-state index in [2.05, 4.69) is 34.2 Å². The number of hydrogen-bond donors (Lipinski definition) is 1. The van der Waals surface area contributed by atoms with Crippen molar-refractivity contribution in [3.05, 3.63) is 60.1 Å². The van der Waals surface area contributed by atoms with Gasteiger partial charge in [0.05, 0.1) is 4.91 Å². The summed E-state index contributed by atoms with van der Waals surface area (Å²) < 4.78 is 1.04. The molecule has 5 heteroatoms. The highest BCUT2D eigenvalue weighted by Crippen LogP contribution is 2.43. The zero-order chi connectivity index (χ0) is 17.4. The van der Waals surface area contributed by atoms with Crippen molar-refractivity contribution < 1.29 is 4.79 Å². The molecule has 4 rings (SSSR count). The van der Waals surface area contributed by atoms with Crippen molar-refractivity contribution in [2.45, 2.75) is 38.5 Å². The fourth-order valence-electron chi connectivity index (χ4n) is 3.47. The number of thioether (sulfide) groups is 1. The highest BCUT2D eigenvalue weighted by molar-refractivity contribution is 9.10. The molecule has 1 N–H and O–H groups in total. The van der Waals surface area contributed by atoms with Crippen molar-refractivity contribution in [2.75, 3.05) is 0 Å². The maximum atomic E-state index is 12.6. The summed E-state index contributed by atoms with van der Waals surface area (Å²) >= 11 is 7.05. The van der Waals surface area contributed by atoms with Crippen LogP contribution in [-0.4, -0.2) is 5.91 Å². The van der Waals surface area contributed by atoms with E-state index in [-0.39, 0.29) is 5.91 Å². The molecule has 130 valence electrons. The van der Waals surface area contributed by atoms with Crippen molar-refractivity contribution in [3.8, 4) is 0 Å². The molecule has 2 aliphatic rings. The van der Waals surface area contributed by atoms with Gasteiger partial charge in [0.25, 0.3) is 5.91 Å². The van der Waals surface area contributed by atoms with E-state index in [9.17, 15) is 4.79 Å². The number of thiophene rings is 1. The molecule has 0 saturated heterocycles. The molecule has 0 spiro atoms. The second kappa shape index (κ2) is 7.29. The molecular formula is C20H20BrNOS2. The van der Waals surface area contributed by atoms with Crippen molar-refractivity contribution >= 4 is 51.0 Å². The number of benzene rings is 1. The molecule has 0 saturated carbocycles.